The molecule has 0 saturated heterocycles. The molecule has 25 heavy (non-hydrogen) atoms. The monoisotopic (exact) mass is 337 g/mol. The second kappa shape index (κ2) is 8.93. The Bertz CT molecular complexity index is 779. The van der Waals surface area contributed by atoms with Crippen molar-refractivity contribution in [3.63, 3.8) is 0 Å². The fraction of sp³-hybridized carbons (Fsp3) is 0.0526. The highest BCUT2D eigenvalue weighted by molar-refractivity contribution is 5.81. The van der Waals surface area contributed by atoms with Crippen molar-refractivity contribution in [1.82, 2.24) is 0 Å². The number of nitrogens with one attached hydrogen (secondary N) is 2. The first-order valence-electron chi connectivity index (χ1n) is 7.48. The first-order chi connectivity index (χ1) is 12.1. The van der Waals surface area contributed by atoms with Gasteiger partial charge in [0.25, 0.3) is 0 Å². The van der Waals surface area contributed by atoms with Gasteiger partial charge in [0.05, 0.1) is 0 Å². The Morgan fingerprint density at radius 2 is 1.40 bits per heavy atom. The molecule has 0 aliphatic carbocycles. The number of hydrogen-bond acceptors (Lipinski definition) is 6. The van der Waals surface area contributed by atoms with Crippen molar-refractivity contribution in [1.29, 1.82) is 10.8 Å². The number of nitrogens with two attached hydrogens (primary N) is 1. The Morgan fingerprint density at radius 1 is 0.880 bits per heavy atom. The van der Waals surface area contributed by atoms with Gasteiger partial charge in [-0.25, -0.2) is 0 Å². The standard InChI is InChI=1S/C19H19N3O3/c20-11-9-15(23)13-24-16-5-7-18(8-6-16)25-17-3-1-14(2-4-17)19(22)10-12-21/h1-12,20-21,23H,13,22H2/b15-9-,19-10-,20-11?,21-12?. The van der Waals surface area contributed by atoms with Crippen LogP contribution in [-0.4, -0.2) is 24.1 Å². The van der Waals surface area contributed by atoms with E-state index in [2.05, 4.69) is 0 Å². The normalized spacial score (nSPS) is 11.7. The van der Waals surface area contributed by atoms with Crippen molar-refractivity contribution in [3.05, 3.63) is 72.0 Å². The summed E-state index contributed by atoms with van der Waals surface area (Å²) in [6.45, 7) is 0.00172. The summed E-state index contributed by atoms with van der Waals surface area (Å²) in [5, 5.41) is 23.3. The lowest BCUT2D eigenvalue weighted by Gasteiger charge is -2.09. The van der Waals surface area contributed by atoms with Crippen molar-refractivity contribution in [3.8, 4) is 17.2 Å². The van der Waals surface area contributed by atoms with E-state index in [0.717, 1.165) is 18.0 Å². The van der Waals surface area contributed by atoms with E-state index in [1.54, 1.807) is 36.4 Å². The molecule has 2 aromatic carbocycles. The molecule has 0 bridgehead atoms. The molecule has 0 aromatic heterocycles. The molecule has 0 spiro atoms. The van der Waals surface area contributed by atoms with Gasteiger partial charge in [-0.3, -0.25) is 0 Å². The smallest absolute Gasteiger partial charge is 0.145 e. The predicted octanol–water partition coefficient (Wildman–Crippen LogP) is 3.90. The molecular weight excluding hydrogens is 318 g/mol. The zero-order valence-corrected chi connectivity index (χ0v) is 13.5. The average Bonchev–Trinajstić information content (AvgIpc) is 2.62. The predicted molar refractivity (Wildman–Crippen MR) is 98.9 cm³/mol. The van der Waals surface area contributed by atoms with Crippen molar-refractivity contribution >= 4 is 18.1 Å². The summed E-state index contributed by atoms with van der Waals surface area (Å²) in [7, 11) is 0. The summed E-state index contributed by atoms with van der Waals surface area (Å²) >= 11 is 0. The molecule has 0 aliphatic rings. The molecule has 0 saturated carbocycles. The van der Waals surface area contributed by atoms with E-state index in [1.165, 1.54) is 12.2 Å². The summed E-state index contributed by atoms with van der Waals surface area (Å²) in [6.07, 6.45) is 4.91. The van der Waals surface area contributed by atoms with Crippen LogP contribution in [0.1, 0.15) is 5.56 Å². The van der Waals surface area contributed by atoms with Crippen molar-refractivity contribution < 1.29 is 14.6 Å². The number of benzene rings is 2. The molecule has 0 amide bonds. The van der Waals surface area contributed by atoms with Gasteiger partial charge in [0, 0.05) is 18.1 Å². The fourth-order valence-electron chi connectivity index (χ4n) is 1.94. The minimum absolute atomic E-state index is 0.00172. The molecular formula is C19H19N3O3. The second-order valence-corrected chi connectivity index (χ2v) is 5.00. The summed E-state index contributed by atoms with van der Waals surface area (Å²) in [4.78, 5) is 0. The highest BCUT2D eigenvalue weighted by Crippen LogP contribution is 2.25. The van der Waals surface area contributed by atoms with Gasteiger partial charge in [0.1, 0.15) is 29.6 Å². The Labute approximate surface area is 145 Å². The van der Waals surface area contributed by atoms with Gasteiger partial charge in [-0.2, -0.15) is 0 Å². The third-order valence-electron chi connectivity index (χ3n) is 3.17. The molecule has 2 aromatic rings. The van der Waals surface area contributed by atoms with Crippen LogP contribution >= 0.6 is 0 Å². The van der Waals surface area contributed by atoms with Gasteiger partial charge >= 0.3 is 0 Å². The lowest BCUT2D eigenvalue weighted by atomic mass is 10.1. The molecule has 0 atom stereocenters. The first kappa shape index (κ1) is 17.8. The van der Waals surface area contributed by atoms with Gasteiger partial charge < -0.3 is 31.1 Å². The van der Waals surface area contributed by atoms with E-state index < -0.39 is 0 Å². The van der Waals surface area contributed by atoms with Gasteiger partial charge in [0.2, 0.25) is 0 Å². The Hall–Kier alpha value is -3.54. The third kappa shape index (κ3) is 5.54. The van der Waals surface area contributed by atoms with Crippen LogP contribution in [0.4, 0.5) is 0 Å². The minimum atomic E-state index is -0.0215. The topological polar surface area (TPSA) is 112 Å². The zero-order valence-electron chi connectivity index (χ0n) is 13.5. The summed E-state index contributed by atoms with van der Waals surface area (Å²) in [5.74, 6) is 1.86. The maximum absolute atomic E-state index is 9.39. The molecule has 5 N–H and O–H groups in total. The van der Waals surface area contributed by atoms with Gasteiger partial charge in [-0.15, -0.1) is 0 Å². The quantitative estimate of drug-likeness (QED) is 0.432. The van der Waals surface area contributed by atoms with Gasteiger partial charge in [0.15, 0.2) is 0 Å². The fourth-order valence-corrected chi connectivity index (χ4v) is 1.94. The number of ether oxygens (including phenoxy) is 2. The maximum atomic E-state index is 9.39. The molecule has 128 valence electrons. The summed E-state index contributed by atoms with van der Waals surface area (Å²) in [6, 6.07) is 14.2. The van der Waals surface area contributed by atoms with E-state index in [4.69, 9.17) is 26.0 Å². The molecule has 0 heterocycles. The van der Waals surface area contributed by atoms with Crippen LogP contribution in [0, 0.1) is 10.8 Å². The van der Waals surface area contributed by atoms with Crippen LogP contribution < -0.4 is 15.2 Å². The number of aliphatic hydroxyl groups is 1. The number of hydrogen-bond donors (Lipinski definition) is 4. The second-order valence-electron chi connectivity index (χ2n) is 5.00. The third-order valence-corrected chi connectivity index (χ3v) is 3.17. The highest BCUT2D eigenvalue weighted by Gasteiger charge is 2.01. The average molecular weight is 337 g/mol. The maximum Gasteiger partial charge on any atom is 0.145 e. The van der Waals surface area contributed by atoms with Crippen LogP contribution in [0.25, 0.3) is 5.70 Å². The van der Waals surface area contributed by atoms with Crippen molar-refractivity contribution in [2.24, 2.45) is 5.73 Å². The van der Waals surface area contributed by atoms with Crippen LogP contribution in [-0.2, 0) is 0 Å². The first-order valence-corrected chi connectivity index (χ1v) is 7.48. The van der Waals surface area contributed by atoms with E-state index in [9.17, 15) is 5.11 Å². The molecule has 0 fully saturated rings. The van der Waals surface area contributed by atoms with E-state index >= 15 is 0 Å². The minimum Gasteiger partial charge on any atom is -0.509 e. The van der Waals surface area contributed by atoms with Crippen LogP contribution in [0.15, 0.2) is 66.4 Å². The Morgan fingerprint density at radius 3 is 1.96 bits per heavy atom. The van der Waals surface area contributed by atoms with Gasteiger partial charge in [-0.1, -0.05) is 0 Å². The molecule has 0 unspecified atom stereocenters. The molecule has 2 rings (SSSR count). The lowest BCUT2D eigenvalue weighted by Crippen LogP contribution is -2.00. The largest absolute Gasteiger partial charge is 0.509 e. The zero-order chi connectivity index (χ0) is 18.1. The van der Waals surface area contributed by atoms with E-state index in [-0.39, 0.29) is 12.4 Å². The van der Waals surface area contributed by atoms with E-state index in [0.29, 0.717) is 22.9 Å². The molecule has 6 heteroatoms. The van der Waals surface area contributed by atoms with Crippen LogP contribution in [0.5, 0.6) is 17.2 Å². The lowest BCUT2D eigenvalue weighted by molar-refractivity contribution is 0.271. The molecule has 0 aliphatic heterocycles. The number of allylic oxidation sites excluding steroid dienone is 2. The highest BCUT2D eigenvalue weighted by atomic mass is 16.5. The summed E-state index contributed by atoms with van der Waals surface area (Å²) < 4.78 is 11.1. The number of aliphatic hydroxyl groups excluding tert-OH is 1. The Balaban J connectivity index is 1.97. The number of rotatable bonds is 8. The SMILES string of the molecule is N=C/C=C(\O)COc1ccc(Oc2ccc(/C(N)=C/C=N)cc2)cc1. The van der Waals surface area contributed by atoms with Crippen molar-refractivity contribution in [2.45, 2.75) is 0 Å². The van der Waals surface area contributed by atoms with E-state index in [1.807, 2.05) is 12.1 Å². The molecule has 6 nitrogen and oxygen atoms in total. The van der Waals surface area contributed by atoms with Crippen LogP contribution in [0.3, 0.4) is 0 Å². The van der Waals surface area contributed by atoms with Crippen LogP contribution in [0.2, 0.25) is 0 Å². The summed E-state index contributed by atoms with van der Waals surface area (Å²) in [5.41, 5.74) is 7.15. The Kier molecular flexibility index (Phi) is 6.36. The van der Waals surface area contributed by atoms with Crippen molar-refractivity contribution in [2.75, 3.05) is 6.61 Å². The van der Waals surface area contributed by atoms with Gasteiger partial charge in [-0.05, 0) is 66.2 Å². The molecule has 0 radical (unpaired) electrons.